The van der Waals surface area contributed by atoms with Crippen LogP contribution in [0.2, 0.25) is 0 Å². The molecule has 0 spiro atoms. The number of carbonyl (C=O) groups is 2. The van der Waals surface area contributed by atoms with Gasteiger partial charge in [-0.2, -0.15) is 0 Å². The normalized spacial score (nSPS) is 22.0. The van der Waals surface area contributed by atoms with Crippen LogP contribution in [0.4, 0.5) is 4.79 Å². The van der Waals surface area contributed by atoms with Gasteiger partial charge in [0.05, 0.1) is 5.92 Å². The van der Waals surface area contributed by atoms with Crippen molar-refractivity contribution < 1.29 is 14.7 Å². The van der Waals surface area contributed by atoms with Gasteiger partial charge in [0.25, 0.3) is 0 Å². The van der Waals surface area contributed by atoms with Crippen molar-refractivity contribution in [2.45, 2.75) is 33.1 Å². The number of carboxylic acids is 1. The number of carboxylic acid groups (broad SMARTS) is 1. The number of nitrogens with one attached hydrogen (secondary N) is 1. The number of carbonyl (C=O) groups excluding carboxylic acids is 1. The van der Waals surface area contributed by atoms with E-state index in [1.54, 1.807) is 4.90 Å². The molecule has 0 bridgehead atoms. The lowest BCUT2D eigenvalue weighted by atomic mass is 9.96. The minimum absolute atomic E-state index is 0.0602. The van der Waals surface area contributed by atoms with Crippen molar-refractivity contribution in [2.75, 3.05) is 19.6 Å². The van der Waals surface area contributed by atoms with Gasteiger partial charge in [-0.25, -0.2) is 4.79 Å². The number of nitrogens with zero attached hydrogens (tertiary/aromatic N) is 1. The topological polar surface area (TPSA) is 69.6 Å². The van der Waals surface area contributed by atoms with Gasteiger partial charge in [-0.3, -0.25) is 4.79 Å². The summed E-state index contributed by atoms with van der Waals surface area (Å²) >= 11 is 0. The second-order valence-corrected chi connectivity index (χ2v) is 5.29. The fraction of sp³-hybridized carbons (Fsp3) is 0.714. The van der Waals surface area contributed by atoms with Crippen molar-refractivity contribution in [1.29, 1.82) is 0 Å². The Labute approximate surface area is 114 Å². The molecule has 2 N–H and O–H groups in total. The molecule has 2 atom stereocenters. The summed E-state index contributed by atoms with van der Waals surface area (Å²) < 4.78 is 0. The van der Waals surface area contributed by atoms with Crippen molar-refractivity contribution in [1.82, 2.24) is 10.2 Å². The van der Waals surface area contributed by atoms with Crippen molar-refractivity contribution in [3.05, 3.63) is 12.2 Å². The van der Waals surface area contributed by atoms with Crippen LogP contribution in [0.15, 0.2) is 12.2 Å². The second-order valence-electron chi connectivity index (χ2n) is 5.29. The second kappa shape index (κ2) is 7.16. The van der Waals surface area contributed by atoms with Crippen LogP contribution < -0.4 is 5.32 Å². The molecule has 19 heavy (non-hydrogen) atoms. The van der Waals surface area contributed by atoms with Crippen LogP contribution in [0.5, 0.6) is 0 Å². The quantitative estimate of drug-likeness (QED) is 0.725. The molecule has 1 rings (SSSR count). The molecule has 0 heterocycles. The monoisotopic (exact) mass is 268 g/mol. The highest BCUT2D eigenvalue weighted by Gasteiger charge is 2.33. The van der Waals surface area contributed by atoms with E-state index in [2.05, 4.69) is 11.9 Å². The third-order valence-corrected chi connectivity index (χ3v) is 3.62. The van der Waals surface area contributed by atoms with E-state index in [4.69, 9.17) is 5.11 Å². The number of hydrogen-bond acceptors (Lipinski definition) is 2. The lowest BCUT2D eigenvalue weighted by Gasteiger charge is -2.23. The van der Waals surface area contributed by atoms with E-state index in [-0.39, 0.29) is 17.9 Å². The van der Waals surface area contributed by atoms with Gasteiger partial charge in [0.1, 0.15) is 0 Å². The molecular formula is C14H24N2O3. The third-order valence-electron chi connectivity index (χ3n) is 3.62. The maximum Gasteiger partial charge on any atom is 0.317 e. The predicted octanol–water partition coefficient (Wildman–Crippen LogP) is 2.09. The molecule has 1 aliphatic rings. The van der Waals surface area contributed by atoms with Gasteiger partial charge in [-0.1, -0.05) is 18.6 Å². The average molecular weight is 268 g/mol. The summed E-state index contributed by atoms with van der Waals surface area (Å²) in [5, 5.41) is 11.9. The smallest absolute Gasteiger partial charge is 0.317 e. The average Bonchev–Trinajstić information content (AvgIpc) is 2.81. The van der Waals surface area contributed by atoms with E-state index in [0.717, 1.165) is 24.8 Å². The molecule has 0 aliphatic heterocycles. The molecule has 0 aromatic carbocycles. The van der Waals surface area contributed by atoms with E-state index in [9.17, 15) is 9.59 Å². The molecule has 1 saturated carbocycles. The van der Waals surface area contributed by atoms with E-state index in [1.807, 2.05) is 13.8 Å². The predicted molar refractivity (Wildman–Crippen MR) is 73.9 cm³/mol. The standard InChI is InChI=1S/C14H24N2O3/c1-4-16(9-10(2)3)14(19)15-8-11-6-5-7-12(11)13(17)18/h11-12H,2,4-9H2,1,3H3,(H,15,19)(H,17,18). The van der Waals surface area contributed by atoms with Gasteiger partial charge < -0.3 is 15.3 Å². The van der Waals surface area contributed by atoms with Crippen LogP contribution >= 0.6 is 0 Å². The molecule has 0 saturated heterocycles. The van der Waals surface area contributed by atoms with Crippen LogP contribution in [0.3, 0.4) is 0 Å². The number of aliphatic carboxylic acids is 1. The number of amides is 2. The summed E-state index contributed by atoms with van der Waals surface area (Å²) in [6, 6.07) is -0.137. The maximum absolute atomic E-state index is 12.0. The van der Waals surface area contributed by atoms with Crippen LogP contribution in [0, 0.1) is 11.8 Å². The van der Waals surface area contributed by atoms with Crippen molar-refractivity contribution in [3.63, 3.8) is 0 Å². The molecule has 1 fully saturated rings. The molecule has 5 nitrogen and oxygen atoms in total. The molecule has 0 radical (unpaired) electrons. The van der Waals surface area contributed by atoms with Gasteiger partial charge >= 0.3 is 12.0 Å². The number of likely N-dealkylation sites (N-methyl/N-ethyl adjacent to an activating group) is 1. The third kappa shape index (κ3) is 4.58. The van der Waals surface area contributed by atoms with E-state index >= 15 is 0 Å². The Balaban J connectivity index is 2.44. The summed E-state index contributed by atoms with van der Waals surface area (Å²) in [6.07, 6.45) is 2.53. The minimum Gasteiger partial charge on any atom is -0.481 e. The molecule has 2 amide bonds. The zero-order chi connectivity index (χ0) is 14.4. The Kier molecular flexibility index (Phi) is 5.86. The van der Waals surface area contributed by atoms with Crippen LogP contribution in [0.1, 0.15) is 33.1 Å². The van der Waals surface area contributed by atoms with Crippen LogP contribution in [0.25, 0.3) is 0 Å². The van der Waals surface area contributed by atoms with Gasteiger partial charge in [-0.15, -0.1) is 0 Å². The Morgan fingerprint density at radius 3 is 2.63 bits per heavy atom. The first-order valence-electron chi connectivity index (χ1n) is 6.85. The number of urea groups is 1. The van der Waals surface area contributed by atoms with Gasteiger partial charge in [0.15, 0.2) is 0 Å². The number of rotatable bonds is 6. The lowest BCUT2D eigenvalue weighted by molar-refractivity contribution is -0.142. The van der Waals surface area contributed by atoms with Gasteiger partial charge in [0, 0.05) is 19.6 Å². The summed E-state index contributed by atoms with van der Waals surface area (Å²) in [5.41, 5.74) is 0.932. The largest absolute Gasteiger partial charge is 0.481 e. The van der Waals surface area contributed by atoms with Crippen molar-refractivity contribution >= 4 is 12.0 Å². The van der Waals surface area contributed by atoms with E-state index in [0.29, 0.717) is 19.6 Å². The maximum atomic E-state index is 12.0. The first-order valence-corrected chi connectivity index (χ1v) is 6.85. The molecule has 0 aromatic rings. The highest BCUT2D eigenvalue weighted by molar-refractivity contribution is 5.75. The van der Waals surface area contributed by atoms with E-state index < -0.39 is 5.97 Å². The molecular weight excluding hydrogens is 244 g/mol. The number of hydrogen-bond donors (Lipinski definition) is 2. The lowest BCUT2D eigenvalue weighted by Crippen LogP contribution is -2.43. The van der Waals surface area contributed by atoms with Gasteiger partial charge in [0.2, 0.25) is 0 Å². The highest BCUT2D eigenvalue weighted by atomic mass is 16.4. The molecule has 0 aromatic heterocycles. The fourth-order valence-corrected chi connectivity index (χ4v) is 2.59. The Morgan fingerprint density at radius 1 is 1.42 bits per heavy atom. The van der Waals surface area contributed by atoms with Gasteiger partial charge in [-0.05, 0) is 32.6 Å². The summed E-state index contributed by atoms with van der Waals surface area (Å²) in [7, 11) is 0. The minimum atomic E-state index is -0.744. The summed E-state index contributed by atoms with van der Waals surface area (Å²) in [6.45, 7) is 9.20. The summed E-state index contributed by atoms with van der Waals surface area (Å²) in [5.74, 6) is -0.993. The Bertz CT molecular complexity index is 355. The molecule has 108 valence electrons. The fourth-order valence-electron chi connectivity index (χ4n) is 2.59. The molecule has 5 heteroatoms. The Morgan fingerprint density at radius 2 is 2.11 bits per heavy atom. The summed E-state index contributed by atoms with van der Waals surface area (Å²) in [4.78, 5) is 24.7. The zero-order valence-electron chi connectivity index (χ0n) is 11.8. The highest BCUT2D eigenvalue weighted by Crippen LogP contribution is 2.31. The SMILES string of the molecule is C=C(C)CN(CC)C(=O)NCC1CCCC1C(=O)O. The van der Waals surface area contributed by atoms with Crippen molar-refractivity contribution in [3.8, 4) is 0 Å². The molecule has 1 aliphatic carbocycles. The first kappa shape index (κ1) is 15.5. The molecule has 2 unspecified atom stereocenters. The zero-order valence-corrected chi connectivity index (χ0v) is 11.8. The van der Waals surface area contributed by atoms with Crippen LogP contribution in [-0.2, 0) is 4.79 Å². The first-order chi connectivity index (χ1) is 8.95. The van der Waals surface area contributed by atoms with E-state index in [1.165, 1.54) is 0 Å². The van der Waals surface area contributed by atoms with Crippen molar-refractivity contribution in [2.24, 2.45) is 11.8 Å². The Hall–Kier alpha value is -1.52. The van der Waals surface area contributed by atoms with Crippen LogP contribution in [-0.4, -0.2) is 41.6 Å².